The van der Waals surface area contributed by atoms with Crippen LogP contribution in [0.3, 0.4) is 0 Å². The Hall–Kier alpha value is -2.05. The lowest BCUT2D eigenvalue weighted by molar-refractivity contribution is 0.0663. The Morgan fingerprint density at radius 1 is 1.38 bits per heavy atom. The van der Waals surface area contributed by atoms with E-state index in [4.69, 9.17) is 9.47 Å². The van der Waals surface area contributed by atoms with Gasteiger partial charge in [-0.1, -0.05) is 12.1 Å². The number of nitrogens with one attached hydrogen (secondary N) is 1. The van der Waals surface area contributed by atoms with E-state index in [9.17, 15) is 4.79 Å². The number of thioether (sulfide) groups is 1. The number of carbonyl (C=O) groups is 1. The number of ether oxygens (including phenoxy) is 2. The minimum Gasteiger partial charge on any atom is -0.475 e. The highest BCUT2D eigenvalue weighted by molar-refractivity contribution is 7.98. The van der Waals surface area contributed by atoms with Gasteiger partial charge in [0.25, 0.3) is 5.91 Å². The molecule has 2 heterocycles. The van der Waals surface area contributed by atoms with Crippen molar-refractivity contribution in [3.05, 3.63) is 48.2 Å². The van der Waals surface area contributed by atoms with Crippen molar-refractivity contribution in [1.82, 2.24) is 4.98 Å². The fraction of sp³-hybridized carbons (Fsp3) is 0.333. The molecule has 3 rings (SSSR count). The third-order valence-corrected chi connectivity index (χ3v) is 4.59. The first-order valence-electron chi connectivity index (χ1n) is 7.91. The fourth-order valence-corrected chi connectivity index (χ4v) is 3.05. The number of aromatic nitrogens is 1. The molecule has 1 N–H and O–H groups in total. The van der Waals surface area contributed by atoms with E-state index >= 15 is 0 Å². The quantitative estimate of drug-likeness (QED) is 0.811. The molecule has 6 heteroatoms. The first-order valence-corrected chi connectivity index (χ1v) is 9.13. The number of rotatable bonds is 6. The molecule has 24 heavy (non-hydrogen) atoms. The van der Waals surface area contributed by atoms with Gasteiger partial charge in [-0.05, 0) is 37.3 Å². The summed E-state index contributed by atoms with van der Waals surface area (Å²) >= 11 is 1.59. The number of para-hydroxylation sites is 1. The normalized spacial score (nSPS) is 16.8. The molecule has 1 atom stereocenters. The van der Waals surface area contributed by atoms with Crippen molar-refractivity contribution in [2.45, 2.75) is 23.8 Å². The minimum absolute atomic E-state index is 0.151. The third-order valence-electron chi connectivity index (χ3n) is 3.79. The van der Waals surface area contributed by atoms with E-state index in [-0.39, 0.29) is 12.0 Å². The molecule has 1 aliphatic heterocycles. The molecule has 0 aliphatic carbocycles. The number of anilines is 1. The fourth-order valence-electron chi connectivity index (χ4n) is 2.50. The van der Waals surface area contributed by atoms with Gasteiger partial charge in [-0.2, -0.15) is 0 Å². The van der Waals surface area contributed by atoms with Crippen LogP contribution in [0.25, 0.3) is 0 Å². The summed E-state index contributed by atoms with van der Waals surface area (Å²) in [7, 11) is 0. The molecule has 5 nitrogen and oxygen atoms in total. The molecule has 2 aromatic rings. The number of amides is 1. The van der Waals surface area contributed by atoms with E-state index in [1.165, 1.54) is 6.20 Å². The molecular weight excluding hydrogens is 324 g/mol. The van der Waals surface area contributed by atoms with Crippen LogP contribution in [-0.2, 0) is 4.74 Å². The molecule has 1 aromatic heterocycles. The lowest BCUT2D eigenvalue weighted by atomic mass is 10.2. The summed E-state index contributed by atoms with van der Waals surface area (Å²) in [5.74, 6) is 0.321. The standard InChI is InChI=1S/C18H20N2O3S/c1-24-16-7-3-2-6-15(16)20-18(21)13-8-9-17(19-11-13)23-12-14-5-4-10-22-14/h2-3,6-9,11,14H,4-5,10,12H2,1H3,(H,20,21). The number of nitrogens with zero attached hydrogens (tertiary/aromatic N) is 1. The molecule has 1 aromatic carbocycles. The topological polar surface area (TPSA) is 60.5 Å². The lowest BCUT2D eigenvalue weighted by Crippen LogP contribution is -2.17. The first-order chi connectivity index (χ1) is 11.8. The highest BCUT2D eigenvalue weighted by atomic mass is 32.2. The summed E-state index contributed by atoms with van der Waals surface area (Å²) in [6, 6.07) is 11.1. The molecule has 1 saturated heterocycles. The molecule has 1 fully saturated rings. The summed E-state index contributed by atoms with van der Waals surface area (Å²) in [6.07, 6.45) is 5.76. The zero-order chi connectivity index (χ0) is 16.8. The first kappa shape index (κ1) is 16.8. The molecular formula is C18H20N2O3S. The summed E-state index contributed by atoms with van der Waals surface area (Å²) in [5, 5.41) is 2.91. The maximum atomic E-state index is 12.3. The highest BCUT2D eigenvalue weighted by Gasteiger charge is 2.16. The van der Waals surface area contributed by atoms with Gasteiger partial charge in [-0.25, -0.2) is 4.98 Å². The highest BCUT2D eigenvalue weighted by Crippen LogP contribution is 2.25. The molecule has 0 bridgehead atoms. The van der Waals surface area contributed by atoms with Gasteiger partial charge < -0.3 is 14.8 Å². The van der Waals surface area contributed by atoms with E-state index in [1.54, 1.807) is 23.9 Å². The third kappa shape index (κ3) is 4.27. The largest absolute Gasteiger partial charge is 0.475 e. The number of carbonyl (C=O) groups excluding carboxylic acids is 1. The maximum absolute atomic E-state index is 12.3. The summed E-state index contributed by atoms with van der Waals surface area (Å²) in [4.78, 5) is 17.6. The van der Waals surface area contributed by atoms with Gasteiger partial charge in [0.15, 0.2) is 0 Å². The second kappa shape index (κ2) is 8.17. The van der Waals surface area contributed by atoms with Crippen LogP contribution in [0.15, 0.2) is 47.5 Å². The Labute approximate surface area is 145 Å². The van der Waals surface area contributed by atoms with Gasteiger partial charge in [-0.15, -0.1) is 11.8 Å². The van der Waals surface area contributed by atoms with Gasteiger partial charge in [-0.3, -0.25) is 4.79 Å². The molecule has 1 amide bonds. The second-order valence-electron chi connectivity index (χ2n) is 5.49. The number of benzene rings is 1. The van der Waals surface area contributed by atoms with E-state index in [1.807, 2.05) is 30.5 Å². The van der Waals surface area contributed by atoms with Gasteiger partial charge in [0, 0.05) is 23.8 Å². The van der Waals surface area contributed by atoms with Crippen LogP contribution in [0.2, 0.25) is 0 Å². The van der Waals surface area contributed by atoms with Crippen LogP contribution in [0.4, 0.5) is 5.69 Å². The molecule has 1 aliphatic rings. The number of pyridine rings is 1. The summed E-state index contributed by atoms with van der Waals surface area (Å²) < 4.78 is 11.1. The van der Waals surface area contributed by atoms with Crippen molar-refractivity contribution >= 4 is 23.4 Å². The lowest BCUT2D eigenvalue weighted by Gasteiger charge is -2.11. The van der Waals surface area contributed by atoms with Crippen LogP contribution in [0.1, 0.15) is 23.2 Å². The van der Waals surface area contributed by atoms with Gasteiger partial charge in [0.1, 0.15) is 6.61 Å². The molecule has 126 valence electrons. The van der Waals surface area contributed by atoms with Crippen molar-refractivity contribution in [1.29, 1.82) is 0 Å². The number of hydrogen-bond donors (Lipinski definition) is 1. The van der Waals surface area contributed by atoms with Crippen LogP contribution in [0.5, 0.6) is 5.88 Å². The van der Waals surface area contributed by atoms with Gasteiger partial charge in [0.05, 0.1) is 17.4 Å². The van der Waals surface area contributed by atoms with Gasteiger partial charge >= 0.3 is 0 Å². The van der Waals surface area contributed by atoms with E-state index in [0.717, 1.165) is 30.0 Å². The van der Waals surface area contributed by atoms with Crippen molar-refractivity contribution in [3.63, 3.8) is 0 Å². The number of hydrogen-bond acceptors (Lipinski definition) is 5. The van der Waals surface area contributed by atoms with Crippen LogP contribution < -0.4 is 10.1 Å². The van der Waals surface area contributed by atoms with E-state index < -0.39 is 0 Å². The van der Waals surface area contributed by atoms with Crippen LogP contribution >= 0.6 is 11.8 Å². The van der Waals surface area contributed by atoms with Crippen molar-refractivity contribution in [2.75, 3.05) is 24.8 Å². The average molecular weight is 344 g/mol. The average Bonchev–Trinajstić information content (AvgIpc) is 3.14. The Bertz CT molecular complexity index is 685. The van der Waals surface area contributed by atoms with Crippen molar-refractivity contribution in [3.8, 4) is 5.88 Å². The Balaban J connectivity index is 1.59. The predicted octanol–water partition coefficient (Wildman–Crippen LogP) is 3.61. The van der Waals surface area contributed by atoms with Crippen LogP contribution in [-0.4, -0.2) is 36.5 Å². The van der Waals surface area contributed by atoms with Crippen LogP contribution in [0, 0.1) is 0 Å². The van der Waals surface area contributed by atoms with Crippen molar-refractivity contribution < 1.29 is 14.3 Å². The Morgan fingerprint density at radius 2 is 2.25 bits per heavy atom. The van der Waals surface area contributed by atoms with Crippen molar-refractivity contribution in [2.24, 2.45) is 0 Å². The maximum Gasteiger partial charge on any atom is 0.257 e. The smallest absolute Gasteiger partial charge is 0.257 e. The minimum atomic E-state index is -0.185. The Morgan fingerprint density at radius 3 is 2.96 bits per heavy atom. The van der Waals surface area contributed by atoms with Gasteiger partial charge in [0.2, 0.25) is 5.88 Å². The second-order valence-corrected chi connectivity index (χ2v) is 6.33. The van der Waals surface area contributed by atoms with E-state index in [0.29, 0.717) is 18.1 Å². The molecule has 1 unspecified atom stereocenters. The monoisotopic (exact) mass is 344 g/mol. The molecule has 0 saturated carbocycles. The predicted molar refractivity (Wildman–Crippen MR) is 94.9 cm³/mol. The molecule has 0 spiro atoms. The summed E-state index contributed by atoms with van der Waals surface area (Å²) in [5.41, 5.74) is 1.30. The molecule has 0 radical (unpaired) electrons. The zero-order valence-electron chi connectivity index (χ0n) is 13.5. The SMILES string of the molecule is CSc1ccccc1NC(=O)c1ccc(OCC2CCCO2)nc1. The zero-order valence-corrected chi connectivity index (χ0v) is 14.3. The summed E-state index contributed by atoms with van der Waals surface area (Å²) in [6.45, 7) is 1.30. The Kier molecular flexibility index (Phi) is 5.72. The van der Waals surface area contributed by atoms with E-state index in [2.05, 4.69) is 10.3 Å².